The molecule has 25 heavy (non-hydrogen) atoms. The molecule has 3 heteroatoms. The molecular formula is C22H20N2O. The van der Waals surface area contributed by atoms with E-state index in [4.69, 9.17) is 4.74 Å². The molecule has 4 rings (SSSR count). The number of hydrogen-bond acceptors (Lipinski definition) is 3. The molecule has 0 radical (unpaired) electrons. The van der Waals surface area contributed by atoms with Crippen LogP contribution in [0.15, 0.2) is 67.0 Å². The molecule has 0 amide bonds. The van der Waals surface area contributed by atoms with Crippen molar-refractivity contribution in [2.24, 2.45) is 0 Å². The van der Waals surface area contributed by atoms with Gasteiger partial charge in [0.25, 0.3) is 0 Å². The van der Waals surface area contributed by atoms with Crippen molar-refractivity contribution in [2.45, 2.75) is 26.4 Å². The van der Waals surface area contributed by atoms with Gasteiger partial charge in [-0.1, -0.05) is 30.3 Å². The number of aromatic nitrogens is 2. The van der Waals surface area contributed by atoms with Crippen LogP contribution in [0.3, 0.4) is 0 Å². The van der Waals surface area contributed by atoms with Crippen LogP contribution in [-0.2, 0) is 0 Å². The van der Waals surface area contributed by atoms with Gasteiger partial charge < -0.3 is 4.74 Å². The van der Waals surface area contributed by atoms with Crippen molar-refractivity contribution in [2.75, 3.05) is 0 Å². The number of fused-ring (bicyclic) bond motifs is 2. The monoisotopic (exact) mass is 328 g/mol. The van der Waals surface area contributed by atoms with Gasteiger partial charge in [-0.25, -0.2) is 0 Å². The summed E-state index contributed by atoms with van der Waals surface area (Å²) >= 11 is 0. The third-order valence-electron chi connectivity index (χ3n) is 4.05. The van der Waals surface area contributed by atoms with Crippen molar-refractivity contribution in [1.82, 2.24) is 9.97 Å². The number of pyridine rings is 2. The Labute approximate surface area is 147 Å². The first-order valence-corrected chi connectivity index (χ1v) is 8.44. The zero-order chi connectivity index (χ0) is 17.4. The highest BCUT2D eigenvalue weighted by Crippen LogP contribution is 2.40. The summed E-state index contributed by atoms with van der Waals surface area (Å²) in [6.45, 7) is 6.17. The van der Waals surface area contributed by atoms with E-state index in [0.717, 1.165) is 38.7 Å². The van der Waals surface area contributed by atoms with E-state index in [1.54, 1.807) is 0 Å². The highest BCUT2D eigenvalue weighted by molar-refractivity contribution is 6.04. The average molecular weight is 328 g/mol. The molecule has 0 aliphatic rings. The van der Waals surface area contributed by atoms with Crippen LogP contribution in [0.2, 0.25) is 0 Å². The minimum absolute atomic E-state index is 0.296. The van der Waals surface area contributed by atoms with Crippen LogP contribution in [-0.4, -0.2) is 15.6 Å². The zero-order valence-electron chi connectivity index (χ0n) is 14.7. The Balaban J connectivity index is 2.09. The van der Waals surface area contributed by atoms with Crippen LogP contribution in [0.1, 0.15) is 20.8 Å². The van der Waals surface area contributed by atoms with E-state index in [1.165, 1.54) is 0 Å². The molecule has 0 fully saturated rings. The van der Waals surface area contributed by atoms with Gasteiger partial charge in [-0.15, -0.1) is 0 Å². The Morgan fingerprint density at radius 2 is 1.36 bits per heavy atom. The summed E-state index contributed by atoms with van der Waals surface area (Å²) < 4.78 is 6.28. The van der Waals surface area contributed by atoms with Gasteiger partial charge in [-0.3, -0.25) is 9.97 Å². The van der Waals surface area contributed by atoms with Crippen LogP contribution < -0.4 is 4.74 Å². The Hall–Kier alpha value is -2.94. The second-order valence-corrected chi connectivity index (χ2v) is 7.11. The summed E-state index contributed by atoms with van der Waals surface area (Å²) in [6, 6.07) is 18.4. The van der Waals surface area contributed by atoms with Crippen LogP contribution in [0.5, 0.6) is 5.75 Å². The smallest absolute Gasteiger partial charge is 0.130 e. The molecule has 0 aliphatic heterocycles. The van der Waals surface area contributed by atoms with Crippen molar-refractivity contribution in [3.05, 3.63) is 67.0 Å². The average Bonchev–Trinajstić information content (AvgIpc) is 2.60. The lowest BCUT2D eigenvalue weighted by molar-refractivity contribution is 0.132. The lowest BCUT2D eigenvalue weighted by Crippen LogP contribution is -2.23. The number of para-hydroxylation sites is 1. The molecular weight excluding hydrogens is 308 g/mol. The maximum Gasteiger partial charge on any atom is 0.130 e. The Kier molecular flexibility index (Phi) is 3.65. The zero-order valence-corrected chi connectivity index (χ0v) is 14.7. The maximum atomic E-state index is 6.28. The van der Waals surface area contributed by atoms with E-state index in [0.29, 0.717) is 0 Å². The van der Waals surface area contributed by atoms with Crippen LogP contribution >= 0.6 is 0 Å². The van der Waals surface area contributed by atoms with Gasteiger partial charge in [0.2, 0.25) is 0 Å². The third-order valence-corrected chi connectivity index (χ3v) is 4.05. The SMILES string of the molecule is CC(C)(C)Oc1ccc2cccnc2c1-c1cccc2cccnc12. The van der Waals surface area contributed by atoms with Crippen LogP contribution in [0.4, 0.5) is 0 Å². The summed E-state index contributed by atoms with van der Waals surface area (Å²) in [6.07, 6.45) is 3.65. The molecule has 0 N–H and O–H groups in total. The van der Waals surface area contributed by atoms with Crippen LogP contribution in [0, 0.1) is 0 Å². The fraction of sp³-hybridized carbons (Fsp3) is 0.182. The standard InChI is InChI=1S/C22H20N2O/c1-22(2,3)25-18-12-11-16-9-6-14-24-21(16)19(18)17-10-4-7-15-8-5-13-23-20(15)17/h4-14H,1-3H3. The Bertz CT molecular complexity index is 1060. The van der Waals surface area contributed by atoms with Crippen molar-refractivity contribution >= 4 is 21.8 Å². The van der Waals surface area contributed by atoms with E-state index < -0.39 is 0 Å². The predicted octanol–water partition coefficient (Wildman–Crippen LogP) is 5.63. The number of ether oxygens (including phenoxy) is 1. The van der Waals surface area contributed by atoms with Crippen molar-refractivity contribution in [1.29, 1.82) is 0 Å². The maximum absolute atomic E-state index is 6.28. The van der Waals surface area contributed by atoms with E-state index in [-0.39, 0.29) is 5.60 Å². The minimum Gasteiger partial charge on any atom is -0.487 e. The first-order valence-electron chi connectivity index (χ1n) is 8.44. The van der Waals surface area contributed by atoms with Crippen molar-refractivity contribution < 1.29 is 4.74 Å². The normalized spacial score (nSPS) is 11.8. The van der Waals surface area contributed by atoms with Gasteiger partial charge in [-0.2, -0.15) is 0 Å². The summed E-state index contributed by atoms with van der Waals surface area (Å²) in [4.78, 5) is 9.27. The first-order chi connectivity index (χ1) is 12.0. The van der Waals surface area contributed by atoms with Gasteiger partial charge in [0.1, 0.15) is 11.4 Å². The summed E-state index contributed by atoms with van der Waals surface area (Å²) in [7, 11) is 0. The Morgan fingerprint density at radius 1 is 0.720 bits per heavy atom. The predicted molar refractivity (Wildman–Crippen MR) is 103 cm³/mol. The minimum atomic E-state index is -0.296. The van der Waals surface area contributed by atoms with E-state index in [2.05, 4.69) is 67.1 Å². The molecule has 3 nitrogen and oxygen atoms in total. The van der Waals surface area contributed by atoms with Gasteiger partial charge in [0.05, 0.1) is 16.6 Å². The molecule has 0 bridgehead atoms. The molecule has 0 saturated carbocycles. The van der Waals surface area contributed by atoms with Gasteiger partial charge >= 0.3 is 0 Å². The largest absolute Gasteiger partial charge is 0.487 e. The molecule has 4 aromatic rings. The highest BCUT2D eigenvalue weighted by Gasteiger charge is 2.20. The number of hydrogen-bond donors (Lipinski definition) is 0. The number of benzene rings is 2. The van der Waals surface area contributed by atoms with Gasteiger partial charge in [0, 0.05) is 28.7 Å². The van der Waals surface area contributed by atoms with Crippen molar-refractivity contribution in [3.63, 3.8) is 0 Å². The van der Waals surface area contributed by atoms with E-state index in [1.807, 2.05) is 30.6 Å². The molecule has 2 aromatic heterocycles. The fourth-order valence-corrected chi connectivity index (χ4v) is 3.11. The summed E-state index contributed by atoms with van der Waals surface area (Å²) in [5, 5.41) is 2.20. The lowest BCUT2D eigenvalue weighted by atomic mass is 9.97. The highest BCUT2D eigenvalue weighted by atomic mass is 16.5. The molecule has 0 saturated heterocycles. The molecule has 0 atom stereocenters. The fourth-order valence-electron chi connectivity index (χ4n) is 3.11. The van der Waals surface area contributed by atoms with Crippen molar-refractivity contribution in [3.8, 4) is 16.9 Å². The summed E-state index contributed by atoms with van der Waals surface area (Å²) in [5.41, 5.74) is 3.64. The topological polar surface area (TPSA) is 35.0 Å². The molecule has 2 aromatic carbocycles. The Morgan fingerprint density at radius 3 is 2.08 bits per heavy atom. The second-order valence-electron chi connectivity index (χ2n) is 7.11. The van der Waals surface area contributed by atoms with E-state index >= 15 is 0 Å². The first kappa shape index (κ1) is 15.6. The van der Waals surface area contributed by atoms with Crippen LogP contribution in [0.25, 0.3) is 32.9 Å². The number of rotatable bonds is 2. The van der Waals surface area contributed by atoms with Gasteiger partial charge in [-0.05, 0) is 45.0 Å². The molecule has 124 valence electrons. The molecule has 0 aliphatic carbocycles. The number of nitrogens with zero attached hydrogens (tertiary/aromatic N) is 2. The molecule has 0 unspecified atom stereocenters. The lowest BCUT2D eigenvalue weighted by Gasteiger charge is -2.24. The quantitative estimate of drug-likeness (QED) is 0.478. The van der Waals surface area contributed by atoms with E-state index in [9.17, 15) is 0 Å². The summed E-state index contributed by atoms with van der Waals surface area (Å²) in [5.74, 6) is 0.830. The third kappa shape index (κ3) is 2.93. The van der Waals surface area contributed by atoms with Gasteiger partial charge in [0.15, 0.2) is 0 Å². The second kappa shape index (κ2) is 5.85. The molecule has 0 spiro atoms. The molecule has 2 heterocycles.